The summed E-state index contributed by atoms with van der Waals surface area (Å²) < 4.78 is 0. The highest BCUT2D eigenvalue weighted by Crippen LogP contribution is 2.69. The molecule has 84 valence electrons. The lowest BCUT2D eigenvalue weighted by molar-refractivity contribution is -0.155. The first-order chi connectivity index (χ1) is 6.76. The van der Waals surface area contributed by atoms with E-state index in [-0.39, 0.29) is 0 Å². The van der Waals surface area contributed by atoms with E-state index in [9.17, 15) is 19.8 Å². The van der Waals surface area contributed by atoms with Gasteiger partial charge in [0, 0.05) is 0 Å². The van der Waals surface area contributed by atoms with E-state index < -0.39 is 28.2 Å². The fourth-order valence-corrected chi connectivity index (χ4v) is 3.68. The molecule has 15 heavy (non-hydrogen) atoms. The lowest BCUT2D eigenvalue weighted by atomic mass is 9.64. The van der Waals surface area contributed by atoms with Crippen molar-refractivity contribution in [3.63, 3.8) is 0 Å². The van der Waals surface area contributed by atoms with Crippen LogP contribution in [0.3, 0.4) is 0 Å². The number of hydrogen-bond donors (Lipinski definition) is 2. The minimum Gasteiger partial charge on any atom is -0.481 e. The molecule has 0 aliphatic heterocycles. The van der Waals surface area contributed by atoms with Crippen LogP contribution in [0.15, 0.2) is 0 Å². The zero-order valence-corrected chi connectivity index (χ0v) is 9.04. The van der Waals surface area contributed by atoms with E-state index >= 15 is 0 Å². The van der Waals surface area contributed by atoms with Crippen LogP contribution in [0.5, 0.6) is 0 Å². The Morgan fingerprint density at radius 3 is 1.87 bits per heavy atom. The summed E-state index contributed by atoms with van der Waals surface area (Å²) in [5.74, 6) is -1.65. The molecule has 2 saturated carbocycles. The summed E-state index contributed by atoms with van der Waals surface area (Å²) in [6, 6.07) is 0. The van der Waals surface area contributed by atoms with Gasteiger partial charge >= 0.3 is 11.9 Å². The Bertz CT molecular complexity index is 346. The van der Waals surface area contributed by atoms with Gasteiger partial charge in [0.2, 0.25) is 0 Å². The Balaban J connectivity index is 2.46. The average Bonchev–Trinajstić information content (AvgIpc) is 2.55. The summed E-state index contributed by atoms with van der Waals surface area (Å²) in [5.41, 5.74) is -2.00. The standard InChI is InChI=1S/C11H16O4/c1-9(2)5-10(7(12)13)3-4-11(9,6-10)8(14)15/h3-6H2,1-2H3,(H,12,13)(H,14,15). The molecule has 2 fully saturated rings. The molecule has 0 aromatic rings. The van der Waals surface area contributed by atoms with Crippen LogP contribution in [0.1, 0.15) is 39.5 Å². The molecule has 0 spiro atoms. The van der Waals surface area contributed by atoms with Crippen LogP contribution in [0.4, 0.5) is 0 Å². The topological polar surface area (TPSA) is 74.6 Å². The third-order valence-corrected chi connectivity index (χ3v) is 4.61. The van der Waals surface area contributed by atoms with Gasteiger partial charge in [-0.1, -0.05) is 13.8 Å². The van der Waals surface area contributed by atoms with Gasteiger partial charge in [0.15, 0.2) is 0 Å². The van der Waals surface area contributed by atoms with E-state index in [0.29, 0.717) is 25.7 Å². The normalized spacial score (nSPS) is 41.7. The summed E-state index contributed by atoms with van der Waals surface area (Å²) in [5, 5.41) is 18.6. The van der Waals surface area contributed by atoms with Crippen molar-refractivity contribution in [2.24, 2.45) is 16.2 Å². The van der Waals surface area contributed by atoms with Crippen LogP contribution < -0.4 is 0 Å². The van der Waals surface area contributed by atoms with Gasteiger partial charge < -0.3 is 10.2 Å². The van der Waals surface area contributed by atoms with Crippen LogP contribution in [0, 0.1) is 16.2 Å². The Morgan fingerprint density at radius 1 is 1.00 bits per heavy atom. The predicted octanol–water partition coefficient (Wildman–Crippen LogP) is 1.74. The van der Waals surface area contributed by atoms with E-state index in [1.54, 1.807) is 0 Å². The average molecular weight is 212 g/mol. The highest BCUT2D eigenvalue weighted by atomic mass is 16.4. The number of aliphatic carboxylic acids is 2. The lowest BCUT2D eigenvalue weighted by Crippen LogP contribution is -2.40. The van der Waals surface area contributed by atoms with Crippen molar-refractivity contribution < 1.29 is 19.8 Å². The zero-order valence-electron chi connectivity index (χ0n) is 9.04. The van der Waals surface area contributed by atoms with Gasteiger partial charge in [0.25, 0.3) is 0 Å². The third-order valence-electron chi connectivity index (χ3n) is 4.61. The molecule has 2 atom stereocenters. The Labute approximate surface area is 88.3 Å². The molecule has 4 nitrogen and oxygen atoms in total. The molecule has 0 aromatic heterocycles. The lowest BCUT2D eigenvalue weighted by Gasteiger charge is -2.39. The van der Waals surface area contributed by atoms with Gasteiger partial charge in [-0.25, -0.2) is 0 Å². The second kappa shape index (κ2) is 2.54. The fraction of sp³-hybridized carbons (Fsp3) is 0.818. The first-order valence-corrected chi connectivity index (χ1v) is 5.23. The Hall–Kier alpha value is -1.06. The van der Waals surface area contributed by atoms with Gasteiger partial charge in [-0.05, 0) is 31.1 Å². The van der Waals surface area contributed by atoms with Crippen molar-refractivity contribution in [1.29, 1.82) is 0 Å². The van der Waals surface area contributed by atoms with E-state index in [1.165, 1.54) is 0 Å². The molecule has 0 aromatic carbocycles. The van der Waals surface area contributed by atoms with Crippen LogP contribution in [-0.2, 0) is 9.59 Å². The minimum absolute atomic E-state index is 0.303. The van der Waals surface area contributed by atoms with Crippen molar-refractivity contribution >= 4 is 11.9 Å². The van der Waals surface area contributed by atoms with E-state index in [1.807, 2.05) is 13.8 Å². The highest BCUT2D eigenvalue weighted by Gasteiger charge is 2.70. The van der Waals surface area contributed by atoms with E-state index in [0.717, 1.165) is 0 Å². The summed E-state index contributed by atoms with van der Waals surface area (Å²) in [6.45, 7) is 3.76. The van der Waals surface area contributed by atoms with Crippen LogP contribution in [0.2, 0.25) is 0 Å². The molecule has 0 heterocycles. The monoisotopic (exact) mass is 212 g/mol. The van der Waals surface area contributed by atoms with Crippen molar-refractivity contribution in [3.05, 3.63) is 0 Å². The molecule has 4 heteroatoms. The van der Waals surface area contributed by atoms with Gasteiger partial charge in [0.1, 0.15) is 0 Å². The molecular weight excluding hydrogens is 196 g/mol. The van der Waals surface area contributed by atoms with Crippen molar-refractivity contribution in [2.45, 2.75) is 39.5 Å². The molecule has 2 bridgehead atoms. The molecule has 0 radical (unpaired) electrons. The second-order valence-electron chi connectivity index (χ2n) is 5.71. The zero-order chi connectivity index (χ0) is 11.5. The Kier molecular flexibility index (Phi) is 1.77. The molecule has 0 amide bonds. The highest BCUT2D eigenvalue weighted by molar-refractivity contribution is 5.83. The minimum atomic E-state index is -0.826. The largest absolute Gasteiger partial charge is 0.481 e. The van der Waals surface area contributed by atoms with Crippen molar-refractivity contribution in [1.82, 2.24) is 0 Å². The maximum atomic E-state index is 11.4. The molecule has 2 aliphatic rings. The molecular formula is C11H16O4. The van der Waals surface area contributed by atoms with Crippen molar-refractivity contribution in [3.8, 4) is 0 Å². The predicted molar refractivity (Wildman–Crippen MR) is 52.4 cm³/mol. The Morgan fingerprint density at radius 2 is 1.60 bits per heavy atom. The number of hydrogen-bond acceptors (Lipinski definition) is 2. The summed E-state index contributed by atoms with van der Waals surface area (Å²) in [4.78, 5) is 22.6. The van der Waals surface area contributed by atoms with Gasteiger partial charge in [0.05, 0.1) is 10.8 Å². The smallest absolute Gasteiger partial charge is 0.310 e. The maximum Gasteiger partial charge on any atom is 0.310 e. The molecule has 2 aliphatic carbocycles. The summed E-state index contributed by atoms with van der Waals surface area (Å²) in [7, 11) is 0. The van der Waals surface area contributed by atoms with Gasteiger partial charge in [-0.3, -0.25) is 9.59 Å². The maximum absolute atomic E-state index is 11.4. The number of carboxylic acids is 2. The van der Waals surface area contributed by atoms with Crippen LogP contribution in [0.25, 0.3) is 0 Å². The van der Waals surface area contributed by atoms with E-state index in [2.05, 4.69) is 0 Å². The quantitative estimate of drug-likeness (QED) is 0.731. The second-order valence-corrected chi connectivity index (χ2v) is 5.71. The first-order valence-electron chi connectivity index (χ1n) is 5.23. The summed E-state index contributed by atoms with van der Waals surface area (Å²) >= 11 is 0. The fourth-order valence-electron chi connectivity index (χ4n) is 3.68. The van der Waals surface area contributed by atoms with Crippen molar-refractivity contribution in [2.75, 3.05) is 0 Å². The van der Waals surface area contributed by atoms with Gasteiger partial charge in [-0.15, -0.1) is 0 Å². The first kappa shape index (κ1) is 10.5. The van der Waals surface area contributed by atoms with Gasteiger partial charge in [-0.2, -0.15) is 0 Å². The molecule has 2 N–H and O–H groups in total. The number of fused-ring (bicyclic) bond motifs is 2. The molecule has 0 saturated heterocycles. The van der Waals surface area contributed by atoms with E-state index in [4.69, 9.17) is 0 Å². The number of carbonyl (C=O) groups is 2. The van der Waals surface area contributed by atoms with Crippen LogP contribution >= 0.6 is 0 Å². The molecule has 2 unspecified atom stereocenters. The SMILES string of the molecule is CC1(C)CC2(C(=O)O)CCC1(C(=O)O)C2. The number of rotatable bonds is 2. The number of carboxylic acid groups (broad SMARTS) is 2. The summed E-state index contributed by atoms with van der Waals surface area (Å²) in [6.07, 6.45) is 1.80. The molecule has 2 rings (SSSR count). The van der Waals surface area contributed by atoms with Crippen LogP contribution in [-0.4, -0.2) is 22.2 Å². The third kappa shape index (κ3) is 1.02.